The van der Waals surface area contributed by atoms with Crippen molar-refractivity contribution in [3.63, 3.8) is 0 Å². The standard InChI is InChI=1S/C40H40Cl4N2O4/c1-37(2)15-31(47)39(32(48)16-37)13-25-11-30-26(12-29(25)45(21-39)19-23-7-5-9-27(41)35(23)43)14-40(33(49)17-38(3,4)18-34(40)50)22-46(30)20-24-8-6-10-28(42)36(24)44/h5-12H,13-22H2,1-4H3. The molecule has 0 amide bonds. The summed E-state index contributed by atoms with van der Waals surface area (Å²) in [6.07, 6.45) is 1.79. The highest BCUT2D eigenvalue weighted by atomic mass is 35.5. The predicted molar refractivity (Wildman–Crippen MR) is 200 cm³/mol. The molecule has 0 atom stereocenters. The SMILES string of the molecule is CC1(C)CC(=O)C2(Cc3cc4c(cc3N(Cc3cccc(Cl)c3Cl)C2)CC2(CN4Cc3cccc(Cl)c3Cl)C(=O)CC(C)(C)CC2=O)C(=O)C1. The maximum atomic E-state index is 14.1. The van der Waals surface area contributed by atoms with Gasteiger partial charge in [-0.2, -0.15) is 0 Å². The van der Waals surface area contributed by atoms with Gasteiger partial charge in [0.05, 0.1) is 20.1 Å². The number of fused-ring (bicyclic) bond motifs is 2. The molecular weight excluding hydrogens is 714 g/mol. The highest BCUT2D eigenvalue weighted by Crippen LogP contribution is 2.52. The Bertz CT molecular complexity index is 1800. The number of ketones is 4. The van der Waals surface area contributed by atoms with Crippen LogP contribution in [0.5, 0.6) is 0 Å². The van der Waals surface area contributed by atoms with E-state index in [0.717, 1.165) is 33.6 Å². The summed E-state index contributed by atoms with van der Waals surface area (Å²) in [6.45, 7) is 8.91. The Morgan fingerprint density at radius 2 is 0.880 bits per heavy atom. The molecule has 0 saturated heterocycles. The van der Waals surface area contributed by atoms with Crippen LogP contribution in [0.2, 0.25) is 20.1 Å². The van der Waals surface area contributed by atoms with Gasteiger partial charge in [-0.25, -0.2) is 0 Å². The maximum absolute atomic E-state index is 14.1. The number of anilines is 2. The number of rotatable bonds is 4. The van der Waals surface area contributed by atoms with E-state index in [9.17, 15) is 19.2 Å². The van der Waals surface area contributed by atoms with Crippen LogP contribution in [0.3, 0.4) is 0 Å². The molecule has 10 heteroatoms. The zero-order valence-corrected chi connectivity index (χ0v) is 31.8. The number of Topliss-reactive ketones (excluding diaryl/α,β-unsaturated/α-hetero) is 4. The molecule has 2 aliphatic carbocycles. The first-order chi connectivity index (χ1) is 23.4. The summed E-state index contributed by atoms with van der Waals surface area (Å²) in [5, 5.41) is 1.67. The van der Waals surface area contributed by atoms with E-state index in [0.29, 0.717) is 58.9 Å². The lowest BCUT2D eigenvalue weighted by Crippen LogP contribution is -2.58. The van der Waals surface area contributed by atoms with Gasteiger partial charge < -0.3 is 9.80 Å². The lowest BCUT2D eigenvalue weighted by atomic mass is 9.59. The molecule has 262 valence electrons. The fourth-order valence-corrected chi connectivity index (χ4v) is 9.51. The second kappa shape index (κ2) is 12.4. The topological polar surface area (TPSA) is 74.8 Å². The molecule has 0 N–H and O–H groups in total. The van der Waals surface area contributed by atoms with E-state index < -0.39 is 21.7 Å². The Kier molecular flexibility index (Phi) is 8.78. The van der Waals surface area contributed by atoms with Crippen LogP contribution >= 0.6 is 46.4 Å². The van der Waals surface area contributed by atoms with E-state index in [1.807, 2.05) is 52.0 Å². The fraction of sp³-hybridized carbons (Fsp3) is 0.450. The van der Waals surface area contributed by atoms with Crippen molar-refractivity contribution in [2.24, 2.45) is 21.7 Å². The van der Waals surface area contributed by atoms with Crippen molar-refractivity contribution in [2.75, 3.05) is 22.9 Å². The average Bonchev–Trinajstić information content (AvgIpc) is 3.02. The Balaban J connectivity index is 1.39. The normalized spacial score (nSPS) is 21.8. The van der Waals surface area contributed by atoms with E-state index in [-0.39, 0.29) is 49.1 Å². The van der Waals surface area contributed by atoms with E-state index >= 15 is 0 Å². The monoisotopic (exact) mass is 752 g/mol. The van der Waals surface area contributed by atoms with Crippen LogP contribution in [-0.2, 0) is 45.1 Å². The van der Waals surface area contributed by atoms with Gasteiger partial charge in [0.15, 0.2) is 0 Å². The summed E-state index contributed by atoms with van der Waals surface area (Å²) in [5.41, 5.74) is 1.71. The fourth-order valence-electron chi connectivity index (χ4n) is 8.75. The lowest BCUT2D eigenvalue weighted by Gasteiger charge is -2.50. The number of carbonyl (C=O) groups is 4. The third-order valence-corrected chi connectivity index (χ3v) is 13.1. The molecular formula is C40H40Cl4N2O4. The molecule has 6 nitrogen and oxygen atoms in total. The van der Waals surface area contributed by atoms with Crippen LogP contribution < -0.4 is 9.80 Å². The number of benzene rings is 3. The second-order valence-electron chi connectivity index (χ2n) is 16.5. The zero-order valence-electron chi connectivity index (χ0n) is 28.7. The molecule has 3 aromatic rings. The van der Waals surface area contributed by atoms with Crippen molar-refractivity contribution in [3.8, 4) is 0 Å². The third kappa shape index (κ3) is 5.98. The average molecular weight is 755 g/mol. The van der Waals surface area contributed by atoms with Gasteiger partial charge in [0, 0.05) is 63.2 Å². The maximum Gasteiger partial charge on any atom is 0.149 e. The highest BCUT2D eigenvalue weighted by molar-refractivity contribution is 6.43. The first kappa shape index (κ1) is 35.5. The quantitative estimate of drug-likeness (QED) is 0.247. The molecule has 3 aromatic carbocycles. The summed E-state index contributed by atoms with van der Waals surface area (Å²) < 4.78 is 0. The molecule has 2 saturated carbocycles. The van der Waals surface area contributed by atoms with Crippen molar-refractivity contribution >= 4 is 80.9 Å². The van der Waals surface area contributed by atoms with Gasteiger partial charge in [0.25, 0.3) is 0 Å². The molecule has 2 spiro atoms. The van der Waals surface area contributed by atoms with Crippen LogP contribution in [0.25, 0.3) is 0 Å². The van der Waals surface area contributed by atoms with Crippen molar-refractivity contribution in [1.29, 1.82) is 0 Å². The zero-order chi connectivity index (χ0) is 36.0. The van der Waals surface area contributed by atoms with Gasteiger partial charge in [-0.3, -0.25) is 19.2 Å². The minimum atomic E-state index is -1.21. The number of hydrogen-bond acceptors (Lipinski definition) is 6. The Morgan fingerprint density at radius 3 is 1.22 bits per heavy atom. The van der Waals surface area contributed by atoms with Gasteiger partial charge in [0.1, 0.15) is 34.0 Å². The predicted octanol–water partition coefficient (Wildman–Crippen LogP) is 9.31. The van der Waals surface area contributed by atoms with Crippen molar-refractivity contribution in [3.05, 3.63) is 90.9 Å². The number of hydrogen-bond donors (Lipinski definition) is 0. The minimum absolute atomic E-state index is 0.0492. The third-order valence-electron chi connectivity index (χ3n) is 11.3. The number of nitrogens with zero attached hydrogens (tertiary/aromatic N) is 2. The molecule has 2 fully saturated rings. The molecule has 2 aliphatic heterocycles. The second-order valence-corrected chi connectivity index (χ2v) is 18.1. The van der Waals surface area contributed by atoms with Crippen molar-refractivity contribution in [1.82, 2.24) is 0 Å². The number of carbonyl (C=O) groups excluding carboxylic acids is 4. The van der Waals surface area contributed by atoms with Crippen LogP contribution in [0.1, 0.15) is 75.6 Å². The summed E-state index contributed by atoms with van der Waals surface area (Å²) in [7, 11) is 0. The van der Waals surface area contributed by atoms with Crippen LogP contribution in [-0.4, -0.2) is 36.2 Å². The summed E-state index contributed by atoms with van der Waals surface area (Å²) in [4.78, 5) is 60.6. The molecule has 0 bridgehead atoms. The molecule has 0 aromatic heterocycles. The summed E-state index contributed by atoms with van der Waals surface area (Å²) in [6, 6.07) is 15.0. The van der Waals surface area contributed by atoms with Crippen molar-refractivity contribution in [2.45, 2.75) is 79.3 Å². The molecule has 0 radical (unpaired) electrons. The minimum Gasteiger partial charge on any atom is -0.365 e. The van der Waals surface area contributed by atoms with Crippen LogP contribution in [0.4, 0.5) is 11.4 Å². The highest BCUT2D eigenvalue weighted by Gasteiger charge is 2.57. The van der Waals surface area contributed by atoms with Crippen molar-refractivity contribution < 1.29 is 19.2 Å². The molecule has 50 heavy (non-hydrogen) atoms. The van der Waals surface area contributed by atoms with Gasteiger partial charge in [-0.15, -0.1) is 0 Å². The van der Waals surface area contributed by atoms with E-state index in [4.69, 9.17) is 46.4 Å². The van der Waals surface area contributed by atoms with Gasteiger partial charge >= 0.3 is 0 Å². The van der Waals surface area contributed by atoms with Gasteiger partial charge in [-0.05, 0) is 70.2 Å². The Hall–Kier alpha value is -2.90. The van der Waals surface area contributed by atoms with Gasteiger partial charge in [0.2, 0.25) is 0 Å². The van der Waals surface area contributed by atoms with Crippen LogP contribution in [0.15, 0.2) is 48.5 Å². The first-order valence-electron chi connectivity index (χ1n) is 17.1. The van der Waals surface area contributed by atoms with E-state index in [2.05, 4.69) is 21.9 Å². The smallest absolute Gasteiger partial charge is 0.149 e. The van der Waals surface area contributed by atoms with Crippen LogP contribution in [0, 0.1) is 21.7 Å². The Labute approximate surface area is 313 Å². The van der Waals surface area contributed by atoms with Gasteiger partial charge in [-0.1, -0.05) is 98.4 Å². The van der Waals surface area contributed by atoms with E-state index in [1.54, 1.807) is 12.1 Å². The first-order valence-corrected chi connectivity index (χ1v) is 18.6. The molecule has 7 rings (SSSR count). The lowest BCUT2D eigenvalue weighted by molar-refractivity contribution is -0.149. The molecule has 2 heterocycles. The summed E-state index contributed by atoms with van der Waals surface area (Å²) >= 11 is 26.3. The largest absolute Gasteiger partial charge is 0.365 e. The summed E-state index contributed by atoms with van der Waals surface area (Å²) in [5.74, 6) is -0.197. The van der Waals surface area contributed by atoms with E-state index in [1.165, 1.54) is 0 Å². The molecule has 4 aliphatic rings. The molecule has 0 unspecified atom stereocenters. The number of halogens is 4. The Morgan fingerprint density at radius 1 is 0.540 bits per heavy atom.